The number of ether oxygens (including phenoxy) is 1. The van der Waals surface area contributed by atoms with Crippen molar-refractivity contribution >= 4 is 34.9 Å². The van der Waals surface area contributed by atoms with Gasteiger partial charge in [0.05, 0.1) is 19.1 Å². The van der Waals surface area contributed by atoms with Crippen molar-refractivity contribution in [2.75, 3.05) is 31.6 Å². The number of nitrogens with zero attached hydrogens (tertiary/aromatic N) is 2. The van der Waals surface area contributed by atoms with E-state index in [4.69, 9.17) is 27.9 Å². The number of alkyl halides is 2. The lowest BCUT2D eigenvalue weighted by atomic mass is 10.2. The first-order chi connectivity index (χ1) is 10.0. The largest absolute Gasteiger partial charge is 0.379 e. The van der Waals surface area contributed by atoms with E-state index in [0.29, 0.717) is 12.2 Å². The van der Waals surface area contributed by atoms with E-state index in [0.717, 1.165) is 38.4 Å². The molecule has 0 spiro atoms. The van der Waals surface area contributed by atoms with Gasteiger partial charge in [-0.3, -0.25) is 9.69 Å². The molecule has 0 radical (unpaired) electrons. The third kappa shape index (κ3) is 3.86. The quantitative estimate of drug-likeness (QED) is 0.859. The fraction of sp³-hybridized carbons (Fsp3) is 0.571. The van der Waals surface area contributed by atoms with Crippen molar-refractivity contribution in [3.8, 4) is 0 Å². The summed E-state index contributed by atoms with van der Waals surface area (Å²) >= 11 is 11.7. The molecule has 2 aliphatic rings. The Morgan fingerprint density at radius 2 is 2.14 bits per heavy atom. The molecule has 2 heterocycles. The van der Waals surface area contributed by atoms with Crippen LogP contribution in [0, 0.1) is 5.92 Å². The van der Waals surface area contributed by atoms with Crippen molar-refractivity contribution in [2.24, 2.45) is 5.92 Å². The van der Waals surface area contributed by atoms with Gasteiger partial charge in [-0.2, -0.15) is 0 Å². The highest BCUT2D eigenvalue weighted by Gasteiger charge is 2.56. The van der Waals surface area contributed by atoms with Crippen LogP contribution in [0.4, 0.5) is 5.82 Å². The number of carbonyl (C=O) groups excluding carboxylic acids is 1. The smallest absolute Gasteiger partial charge is 0.231 e. The predicted octanol–water partition coefficient (Wildman–Crippen LogP) is 2.05. The van der Waals surface area contributed by atoms with Crippen LogP contribution in [-0.4, -0.2) is 46.4 Å². The predicted molar refractivity (Wildman–Crippen MR) is 81.5 cm³/mol. The molecule has 114 valence electrons. The van der Waals surface area contributed by atoms with Crippen LogP contribution in [0.3, 0.4) is 0 Å². The lowest BCUT2D eigenvalue weighted by Gasteiger charge is -2.26. The van der Waals surface area contributed by atoms with Gasteiger partial charge in [0.25, 0.3) is 0 Å². The Morgan fingerprint density at radius 1 is 1.43 bits per heavy atom. The number of hydrogen-bond donors (Lipinski definition) is 1. The number of nitrogens with one attached hydrogen (secondary N) is 1. The normalized spacial score (nSPS) is 24.6. The van der Waals surface area contributed by atoms with Gasteiger partial charge in [0.1, 0.15) is 10.2 Å². The van der Waals surface area contributed by atoms with E-state index >= 15 is 0 Å². The summed E-state index contributed by atoms with van der Waals surface area (Å²) in [4.78, 5) is 18.4. The van der Waals surface area contributed by atoms with Crippen LogP contribution in [-0.2, 0) is 16.1 Å². The number of pyridine rings is 1. The summed E-state index contributed by atoms with van der Waals surface area (Å²) in [5.41, 5.74) is 1.12. The molecule has 2 fully saturated rings. The van der Waals surface area contributed by atoms with Crippen LogP contribution in [0.15, 0.2) is 18.3 Å². The van der Waals surface area contributed by atoms with E-state index in [9.17, 15) is 4.79 Å². The molecule has 1 saturated heterocycles. The van der Waals surface area contributed by atoms with E-state index in [2.05, 4.69) is 15.2 Å². The zero-order chi connectivity index (χ0) is 14.9. The maximum Gasteiger partial charge on any atom is 0.231 e. The molecular formula is C14H17Cl2N3O2. The van der Waals surface area contributed by atoms with E-state index in [1.54, 1.807) is 12.3 Å². The Kier molecular flexibility index (Phi) is 4.36. The Bertz CT molecular complexity index is 515. The third-order valence-corrected chi connectivity index (χ3v) is 4.56. The lowest BCUT2D eigenvalue weighted by molar-refractivity contribution is -0.117. The van der Waals surface area contributed by atoms with E-state index in [-0.39, 0.29) is 11.8 Å². The number of carbonyl (C=O) groups is 1. The van der Waals surface area contributed by atoms with Gasteiger partial charge >= 0.3 is 0 Å². The topological polar surface area (TPSA) is 54.5 Å². The summed E-state index contributed by atoms with van der Waals surface area (Å²) in [7, 11) is 0. The highest BCUT2D eigenvalue weighted by Crippen LogP contribution is 2.53. The number of aromatic nitrogens is 1. The summed E-state index contributed by atoms with van der Waals surface area (Å²) in [5.74, 6) is 0.0193. The summed E-state index contributed by atoms with van der Waals surface area (Å²) in [6, 6.07) is 3.78. The van der Waals surface area contributed by atoms with Gasteiger partial charge in [-0.25, -0.2) is 4.98 Å². The number of morpholine rings is 1. The van der Waals surface area contributed by atoms with Crippen molar-refractivity contribution in [1.29, 1.82) is 0 Å². The zero-order valence-corrected chi connectivity index (χ0v) is 13.0. The number of hydrogen-bond acceptors (Lipinski definition) is 4. The molecule has 1 aromatic rings. The van der Waals surface area contributed by atoms with Gasteiger partial charge in [0.15, 0.2) is 0 Å². The molecule has 1 atom stereocenters. The summed E-state index contributed by atoms with van der Waals surface area (Å²) < 4.78 is 4.42. The Hall–Kier alpha value is -0.880. The molecule has 0 bridgehead atoms. The van der Waals surface area contributed by atoms with Crippen molar-refractivity contribution in [3.63, 3.8) is 0 Å². The molecule has 1 unspecified atom stereocenters. The van der Waals surface area contributed by atoms with Gasteiger partial charge in [-0.15, -0.1) is 23.2 Å². The Balaban J connectivity index is 1.53. The molecule has 1 aromatic heterocycles. The second-order valence-electron chi connectivity index (χ2n) is 5.45. The van der Waals surface area contributed by atoms with Crippen LogP contribution in [0.25, 0.3) is 0 Å². The van der Waals surface area contributed by atoms with E-state index in [1.807, 2.05) is 6.07 Å². The van der Waals surface area contributed by atoms with Crippen molar-refractivity contribution in [3.05, 3.63) is 23.9 Å². The van der Waals surface area contributed by atoms with Crippen molar-refractivity contribution in [2.45, 2.75) is 17.3 Å². The van der Waals surface area contributed by atoms with E-state index < -0.39 is 4.33 Å². The number of halogens is 2. The first-order valence-corrected chi connectivity index (χ1v) is 7.74. The average molecular weight is 330 g/mol. The minimum atomic E-state index is -0.902. The van der Waals surface area contributed by atoms with Crippen molar-refractivity contribution < 1.29 is 9.53 Å². The number of amides is 1. The van der Waals surface area contributed by atoms with E-state index in [1.165, 1.54) is 0 Å². The third-order valence-electron chi connectivity index (χ3n) is 3.73. The highest BCUT2D eigenvalue weighted by molar-refractivity contribution is 6.52. The fourth-order valence-electron chi connectivity index (χ4n) is 2.32. The summed E-state index contributed by atoms with van der Waals surface area (Å²) in [6.45, 7) is 4.28. The molecule has 1 amide bonds. The fourth-order valence-corrected chi connectivity index (χ4v) is 2.83. The second kappa shape index (κ2) is 6.08. The molecule has 0 aromatic carbocycles. The zero-order valence-electron chi connectivity index (χ0n) is 11.5. The van der Waals surface area contributed by atoms with Crippen LogP contribution in [0.1, 0.15) is 12.0 Å². The maximum atomic E-state index is 11.9. The molecule has 5 nitrogen and oxygen atoms in total. The molecule has 1 N–H and O–H groups in total. The SMILES string of the molecule is O=C(Nc1ccc(CN2CCOCC2)cn1)C1CC1(Cl)Cl. The number of anilines is 1. The van der Waals surface area contributed by atoms with Crippen molar-refractivity contribution in [1.82, 2.24) is 9.88 Å². The molecule has 7 heteroatoms. The van der Waals surface area contributed by atoms with Gasteiger partial charge in [0.2, 0.25) is 5.91 Å². The van der Waals surface area contributed by atoms with Crippen LogP contribution < -0.4 is 5.32 Å². The van der Waals surface area contributed by atoms with Crippen LogP contribution >= 0.6 is 23.2 Å². The number of rotatable bonds is 4. The van der Waals surface area contributed by atoms with Crippen LogP contribution in [0.2, 0.25) is 0 Å². The van der Waals surface area contributed by atoms with Gasteiger partial charge in [0, 0.05) is 25.8 Å². The lowest BCUT2D eigenvalue weighted by Crippen LogP contribution is -2.35. The summed E-state index contributed by atoms with van der Waals surface area (Å²) in [5, 5.41) is 2.74. The van der Waals surface area contributed by atoms with Gasteiger partial charge < -0.3 is 10.1 Å². The van der Waals surface area contributed by atoms with Gasteiger partial charge in [-0.1, -0.05) is 6.07 Å². The molecule has 1 saturated carbocycles. The minimum Gasteiger partial charge on any atom is -0.379 e. The molecular weight excluding hydrogens is 313 g/mol. The highest BCUT2D eigenvalue weighted by atomic mass is 35.5. The monoisotopic (exact) mass is 329 g/mol. The van der Waals surface area contributed by atoms with Crippen LogP contribution in [0.5, 0.6) is 0 Å². The molecule has 21 heavy (non-hydrogen) atoms. The maximum absolute atomic E-state index is 11.9. The Labute approximate surface area is 133 Å². The second-order valence-corrected chi connectivity index (χ2v) is 6.99. The Morgan fingerprint density at radius 3 is 2.71 bits per heavy atom. The first-order valence-electron chi connectivity index (χ1n) is 6.98. The minimum absolute atomic E-state index is 0.173. The summed E-state index contributed by atoms with van der Waals surface area (Å²) in [6.07, 6.45) is 2.28. The molecule has 1 aliphatic heterocycles. The average Bonchev–Trinajstić information content (AvgIpc) is 3.11. The molecule has 1 aliphatic carbocycles. The first kappa shape index (κ1) is 15.0. The standard InChI is InChI=1S/C14H17Cl2N3O2/c15-14(16)7-11(14)13(20)18-12-2-1-10(8-17-12)9-19-3-5-21-6-4-19/h1-2,8,11H,3-7,9H2,(H,17,18,20). The molecule has 3 rings (SSSR count). The van der Waals surface area contributed by atoms with Gasteiger partial charge in [-0.05, 0) is 18.1 Å².